The molecule has 2 rings (SSSR count). The Kier molecular flexibility index (Phi) is 4.36. The van der Waals surface area contributed by atoms with Gasteiger partial charge in [0.1, 0.15) is 23.0 Å². The molecule has 0 bridgehead atoms. The van der Waals surface area contributed by atoms with Crippen molar-refractivity contribution in [1.29, 1.82) is 0 Å². The van der Waals surface area contributed by atoms with Gasteiger partial charge < -0.3 is 10.6 Å². The Bertz CT molecular complexity index is 655. The van der Waals surface area contributed by atoms with Gasteiger partial charge in [-0.3, -0.25) is 9.78 Å². The Morgan fingerprint density at radius 1 is 1.19 bits per heavy atom. The van der Waals surface area contributed by atoms with E-state index >= 15 is 0 Å². The highest BCUT2D eigenvalue weighted by Gasteiger charge is 2.16. The number of carbonyl (C=O) groups excluding carboxylic acids is 1. The van der Waals surface area contributed by atoms with Crippen molar-refractivity contribution in [3.8, 4) is 0 Å². The summed E-state index contributed by atoms with van der Waals surface area (Å²) in [6.45, 7) is 2.40. The summed E-state index contributed by atoms with van der Waals surface area (Å²) in [5.41, 5.74) is -0.867. The third kappa shape index (κ3) is 3.47. The van der Waals surface area contributed by atoms with E-state index in [0.29, 0.717) is 24.5 Å². The van der Waals surface area contributed by atoms with Crippen LogP contribution in [-0.4, -0.2) is 22.4 Å². The van der Waals surface area contributed by atoms with Crippen LogP contribution >= 0.6 is 0 Å². The van der Waals surface area contributed by atoms with E-state index < -0.39 is 29.0 Å². The van der Waals surface area contributed by atoms with E-state index in [1.54, 1.807) is 0 Å². The first-order chi connectivity index (χ1) is 10.0. The van der Waals surface area contributed by atoms with Gasteiger partial charge in [-0.2, -0.15) is 0 Å². The number of hydrogen-bond donors (Lipinski definition) is 2. The molecule has 0 unspecified atom stereocenters. The van der Waals surface area contributed by atoms with Crippen LogP contribution in [0.4, 0.5) is 24.7 Å². The number of halogens is 3. The highest BCUT2D eigenvalue weighted by atomic mass is 19.1. The number of carbonyl (C=O) groups is 1. The van der Waals surface area contributed by atoms with E-state index in [2.05, 4.69) is 15.3 Å². The number of nitrogens with zero attached hydrogens (tertiary/aromatic N) is 2. The van der Waals surface area contributed by atoms with Crippen LogP contribution in [-0.2, 0) is 0 Å². The van der Waals surface area contributed by atoms with E-state index in [1.807, 2.05) is 12.2 Å². The number of benzene rings is 1. The molecule has 0 saturated heterocycles. The molecule has 2 N–H and O–H groups in total. The van der Waals surface area contributed by atoms with Gasteiger partial charge in [0, 0.05) is 18.7 Å². The van der Waals surface area contributed by atoms with Crippen LogP contribution < -0.4 is 10.6 Å². The predicted octanol–water partition coefficient (Wildman–Crippen LogP) is 2.58. The molecule has 0 aliphatic carbocycles. The van der Waals surface area contributed by atoms with Crippen molar-refractivity contribution in [2.24, 2.45) is 0 Å². The second-order valence-corrected chi connectivity index (χ2v) is 4.02. The van der Waals surface area contributed by atoms with Crippen molar-refractivity contribution >= 4 is 17.4 Å². The van der Waals surface area contributed by atoms with Gasteiger partial charge in [0.25, 0.3) is 5.91 Å². The van der Waals surface area contributed by atoms with E-state index in [1.165, 1.54) is 6.20 Å². The first-order valence-electron chi connectivity index (χ1n) is 6.03. The molecule has 1 aromatic carbocycles. The van der Waals surface area contributed by atoms with Crippen LogP contribution in [0.15, 0.2) is 24.5 Å². The lowest BCUT2D eigenvalue weighted by molar-refractivity contribution is 0.102. The summed E-state index contributed by atoms with van der Waals surface area (Å²) in [4.78, 5) is 19.6. The number of amides is 1. The summed E-state index contributed by atoms with van der Waals surface area (Å²) in [6.07, 6.45) is 2.55. The molecule has 21 heavy (non-hydrogen) atoms. The Balaban J connectivity index is 2.24. The zero-order valence-corrected chi connectivity index (χ0v) is 11.0. The minimum Gasteiger partial charge on any atom is -0.369 e. The molecule has 5 nitrogen and oxygen atoms in total. The number of hydrogen-bond acceptors (Lipinski definition) is 4. The number of aromatic nitrogens is 2. The van der Waals surface area contributed by atoms with Crippen molar-refractivity contribution in [2.75, 3.05) is 17.2 Å². The van der Waals surface area contributed by atoms with Gasteiger partial charge in [-0.05, 0) is 6.92 Å². The minimum absolute atomic E-state index is 0.128. The third-order valence-electron chi connectivity index (χ3n) is 2.47. The van der Waals surface area contributed by atoms with Crippen molar-refractivity contribution in [3.63, 3.8) is 0 Å². The maximum absolute atomic E-state index is 13.4. The fraction of sp³-hybridized carbons (Fsp3) is 0.154. The van der Waals surface area contributed by atoms with Gasteiger partial charge in [-0.1, -0.05) is 0 Å². The second-order valence-electron chi connectivity index (χ2n) is 4.02. The third-order valence-corrected chi connectivity index (χ3v) is 2.47. The highest BCUT2D eigenvalue weighted by Crippen LogP contribution is 2.20. The van der Waals surface area contributed by atoms with E-state index in [0.717, 1.165) is 6.20 Å². The van der Waals surface area contributed by atoms with Gasteiger partial charge in [0.2, 0.25) is 0 Å². The standard InChI is InChI=1S/C13H11F3N4O/c1-2-18-11-6-17-5-10(19-11)13(21)20-12-8(15)3-7(14)4-9(12)16/h3-6H,2H2,1H3,(H,18,19)(H,20,21). The molecule has 0 saturated carbocycles. The maximum atomic E-state index is 13.4. The smallest absolute Gasteiger partial charge is 0.276 e. The maximum Gasteiger partial charge on any atom is 0.276 e. The Morgan fingerprint density at radius 3 is 2.48 bits per heavy atom. The van der Waals surface area contributed by atoms with Crippen LogP contribution in [0.2, 0.25) is 0 Å². The Morgan fingerprint density at radius 2 is 1.86 bits per heavy atom. The molecule has 0 atom stereocenters. The molecule has 0 radical (unpaired) electrons. The van der Waals surface area contributed by atoms with Crippen LogP contribution in [0.1, 0.15) is 17.4 Å². The molecule has 1 amide bonds. The Labute approximate surface area is 118 Å². The highest BCUT2D eigenvalue weighted by molar-refractivity contribution is 6.03. The lowest BCUT2D eigenvalue weighted by atomic mass is 10.2. The lowest BCUT2D eigenvalue weighted by Crippen LogP contribution is -2.17. The zero-order chi connectivity index (χ0) is 15.4. The first kappa shape index (κ1) is 14.8. The largest absolute Gasteiger partial charge is 0.369 e. The van der Waals surface area contributed by atoms with Gasteiger partial charge in [0.05, 0.1) is 12.4 Å². The summed E-state index contributed by atoms with van der Waals surface area (Å²) < 4.78 is 39.7. The molecule has 110 valence electrons. The molecule has 2 aromatic rings. The number of rotatable bonds is 4. The topological polar surface area (TPSA) is 66.9 Å². The first-order valence-corrected chi connectivity index (χ1v) is 6.03. The van der Waals surface area contributed by atoms with Gasteiger partial charge in [-0.25, -0.2) is 18.2 Å². The number of anilines is 2. The quantitative estimate of drug-likeness (QED) is 0.910. The van der Waals surface area contributed by atoms with Crippen molar-refractivity contribution < 1.29 is 18.0 Å². The molecular formula is C13H11F3N4O. The zero-order valence-electron chi connectivity index (χ0n) is 11.0. The summed E-state index contributed by atoms with van der Waals surface area (Å²) >= 11 is 0. The average Bonchev–Trinajstić information content (AvgIpc) is 2.43. The fourth-order valence-corrected chi connectivity index (χ4v) is 1.58. The summed E-state index contributed by atoms with van der Waals surface area (Å²) in [5.74, 6) is -4.00. The second kappa shape index (κ2) is 6.21. The molecule has 0 aliphatic rings. The normalized spacial score (nSPS) is 10.3. The minimum atomic E-state index is -1.21. The van der Waals surface area contributed by atoms with E-state index in [9.17, 15) is 18.0 Å². The van der Waals surface area contributed by atoms with Crippen LogP contribution in [0.5, 0.6) is 0 Å². The molecule has 0 fully saturated rings. The predicted molar refractivity (Wildman–Crippen MR) is 70.5 cm³/mol. The SMILES string of the molecule is CCNc1cncc(C(=O)Nc2c(F)cc(F)cc2F)n1. The molecule has 1 heterocycles. The van der Waals surface area contributed by atoms with E-state index in [-0.39, 0.29) is 5.69 Å². The monoisotopic (exact) mass is 296 g/mol. The molecule has 8 heteroatoms. The lowest BCUT2D eigenvalue weighted by Gasteiger charge is -2.08. The summed E-state index contributed by atoms with van der Waals surface area (Å²) in [6, 6.07) is 0.943. The fourth-order valence-electron chi connectivity index (χ4n) is 1.58. The van der Waals surface area contributed by atoms with Crippen LogP contribution in [0, 0.1) is 17.5 Å². The van der Waals surface area contributed by atoms with Gasteiger partial charge >= 0.3 is 0 Å². The number of nitrogens with one attached hydrogen (secondary N) is 2. The molecule has 1 aromatic heterocycles. The van der Waals surface area contributed by atoms with Gasteiger partial charge in [-0.15, -0.1) is 0 Å². The van der Waals surface area contributed by atoms with Crippen molar-refractivity contribution in [2.45, 2.75) is 6.92 Å². The molecule has 0 spiro atoms. The van der Waals surface area contributed by atoms with Gasteiger partial charge in [0.15, 0.2) is 11.6 Å². The van der Waals surface area contributed by atoms with Crippen LogP contribution in [0.25, 0.3) is 0 Å². The molecule has 0 aliphatic heterocycles. The summed E-state index contributed by atoms with van der Waals surface area (Å²) in [5, 5.41) is 4.85. The van der Waals surface area contributed by atoms with E-state index in [4.69, 9.17) is 0 Å². The van der Waals surface area contributed by atoms with Crippen molar-refractivity contribution in [1.82, 2.24) is 9.97 Å². The van der Waals surface area contributed by atoms with Crippen LogP contribution in [0.3, 0.4) is 0 Å². The average molecular weight is 296 g/mol. The Hall–Kier alpha value is -2.64. The molecular weight excluding hydrogens is 285 g/mol. The summed E-state index contributed by atoms with van der Waals surface area (Å²) in [7, 11) is 0. The van der Waals surface area contributed by atoms with Crippen molar-refractivity contribution in [3.05, 3.63) is 47.7 Å².